The topological polar surface area (TPSA) is 81.0 Å². The molecule has 0 saturated carbocycles. The summed E-state index contributed by atoms with van der Waals surface area (Å²) in [5.41, 5.74) is 2.71. The Bertz CT molecular complexity index is 1280. The Morgan fingerprint density at radius 3 is 2.47 bits per heavy atom. The van der Waals surface area contributed by atoms with Crippen LogP contribution in [-0.4, -0.2) is 39.4 Å². The molecule has 4 rings (SSSR count). The number of benzene rings is 3. The Morgan fingerprint density at radius 1 is 0.972 bits per heavy atom. The van der Waals surface area contributed by atoms with Crippen LogP contribution in [-0.2, 0) is 11.2 Å². The number of fused-ring (bicyclic) bond motifs is 1. The molecule has 0 aromatic heterocycles. The van der Waals surface area contributed by atoms with E-state index in [9.17, 15) is 10.1 Å². The van der Waals surface area contributed by atoms with Gasteiger partial charge in [0.25, 0.3) is 5.91 Å². The fourth-order valence-electron chi connectivity index (χ4n) is 3.99. The summed E-state index contributed by atoms with van der Waals surface area (Å²) >= 11 is 0. The molecule has 1 aliphatic rings. The van der Waals surface area contributed by atoms with E-state index >= 15 is 0 Å². The van der Waals surface area contributed by atoms with Crippen molar-refractivity contribution in [2.24, 2.45) is 0 Å². The van der Waals surface area contributed by atoms with Gasteiger partial charge in [-0.3, -0.25) is 4.79 Å². The van der Waals surface area contributed by atoms with E-state index in [1.54, 1.807) is 36.3 Å². The van der Waals surface area contributed by atoms with Gasteiger partial charge in [0, 0.05) is 12.2 Å². The predicted octanol–water partition coefficient (Wildman–Crippen LogP) is 5.05. The van der Waals surface area contributed by atoms with Crippen molar-refractivity contribution in [3.8, 4) is 29.1 Å². The molecule has 1 amide bonds. The second-order valence-corrected chi connectivity index (χ2v) is 8.02. The van der Waals surface area contributed by atoms with Crippen LogP contribution in [0.15, 0.2) is 72.3 Å². The summed E-state index contributed by atoms with van der Waals surface area (Å²) in [7, 11) is 1.62. The summed E-state index contributed by atoms with van der Waals surface area (Å²) in [6, 6.07) is 22.5. The van der Waals surface area contributed by atoms with Gasteiger partial charge in [-0.05, 0) is 73.0 Å². The van der Waals surface area contributed by atoms with Gasteiger partial charge >= 0.3 is 0 Å². The Kier molecular flexibility index (Phi) is 8.09. The third kappa shape index (κ3) is 5.78. The zero-order valence-electron chi connectivity index (χ0n) is 20.4. The first-order valence-corrected chi connectivity index (χ1v) is 11.8. The molecule has 184 valence electrons. The number of para-hydroxylation sites is 1. The smallest absolute Gasteiger partial charge is 0.268 e. The van der Waals surface area contributed by atoms with Gasteiger partial charge in [0.15, 0.2) is 11.5 Å². The third-order valence-corrected chi connectivity index (χ3v) is 5.73. The molecule has 0 bridgehead atoms. The number of nitriles is 1. The molecule has 0 saturated heterocycles. The molecule has 3 aromatic rings. The van der Waals surface area contributed by atoms with Crippen molar-refractivity contribution in [1.29, 1.82) is 5.26 Å². The van der Waals surface area contributed by atoms with Gasteiger partial charge in [-0.2, -0.15) is 5.26 Å². The quantitative estimate of drug-likeness (QED) is 0.228. The summed E-state index contributed by atoms with van der Waals surface area (Å²) in [5.74, 6) is 2.27. The van der Waals surface area contributed by atoms with Gasteiger partial charge in [0.05, 0.1) is 13.7 Å². The largest absolute Gasteiger partial charge is 0.497 e. The third-order valence-electron chi connectivity index (χ3n) is 5.73. The lowest BCUT2D eigenvalue weighted by molar-refractivity contribution is -0.114. The average molecular weight is 485 g/mol. The first-order chi connectivity index (χ1) is 17.6. The number of carbonyl (C=O) groups excluding carboxylic acids is 1. The van der Waals surface area contributed by atoms with Crippen LogP contribution in [0.4, 0.5) is 5.69 Å². The highest BCUT2D eigenvalue weighted by molar-refractivity contribution is 6.12. The molecule has 0 N–H and O–H groups in total. The highest BCUT2D eigenvalue weighted by atomic mass is 16.5. The minimum absolute atomic E-state index is 0.0655. The van der Waals surface area contributed by atoms with E-state index in [2.05, 4.69) is 6.07 Å². The molecule has 0 atom stereocenters. The Morgan fingerprint density at radius 2 is 1.72 bits per heavy atom. The molecule has 7 heteroatoms. The summed E-state index contributed by atoms with van der Waals surface area (Å²) in [6.45, 7) is 3.56. The lowest BCUT2D eigenvalue weighted by atomic mass is 10.1. The average Bonchev–Trinajstić information content (AvgIpc) is 3.35. The van der Waals surface area contributed by atoms with Crippen molar-refractivity contribution in [2.75, 3.05) is 38.4 Å². The molecule has 3 aromatic carbocycles. The summed E-state index contributed by atoms with van der Waals surface area (Å²) < 4.78 is 22.5. The zero-order chi connectivity index (χ0) is 25.3. The van der Waals surface area contributed by atoms with Gasteiger partial charge in [0.1, 0.15) is 36.4 Å². The monoisotopic (exact) mass is 484 g/mol. The molecule has 0 radical (unpaired) electrons. The molecule has 0 aliphatic carbocycles. The van der Waals surface area contributed by atoms with Crippen LogP contribution in [0.1, 0.15) is 18.1 Å². The SMILES string of the molecule is CCOc1cc(C=C(C#N)C(=O)N2CCc3ccccc32)ccc1OCCOc1ccc(OC)cc1. The summed E-state index contributed by atoms with van der Waals surface area (Å²) in [5, 5.41) is 9.72. The molecular formula is C29H28N2O5. The first kappa shape index (κ1) is 24.7. The van der Waals surface area contributed by atoms with E-state index in [0.717, 1.165) is 29.2 Å². The minimum atomic E-state index is -0.309. The highest BCUT2D eigenvalue weighted by Crippen LogP contribution is 2.31. The number of ether oxygens (including phenoxy) is 4. The standard InChI is InChI=1S/C29H28N2O5/c1-3-34-28-19-21(8-13-27(28)36-17-16-35-25-11-9-24(33-2)10-12-25)18-23(20-30)29(32)31-15-14-22-6-4-5-7-26(22)31/h4-13,18-19H,3,14-17H2,1-2H3. The number of amides is 1. The number of rotatable bonds is 10. The van der Waals surface area contributed by atoms with Crippen LogP contribution in [0.5, 0.6) is 23.0 Å². The van der Waals surface area contributed by atoms with Crippen molar-refractivity contribution in [3.63, 3.8) is 0 Å². The Labute approximate surface area is 211 Å². The minimum Gasteiger partial charge on any atom is -0.497 e. The molecule has 1 heterocycles. The predicted molar refractivity (Wildman–Crippen MR) is 138 cm³/mol. The van der Waals surface area contributed by atoms with E-state index in [1.807, 2.05) is 55.5 Å². The lowest BCUT2D eigenvalue weighted by Gasteiger charge is -2.17. The van der Waals surface area contributed by atoms with Crippen molar-refractivity contribution < 1.29 is 23.7 Å². The van der Waals surface area contributed by atoms with E-state index in [4.69, 9.17) is 18.9 Å². The highest BCUT2D eigenvalue weighted by Gasteiger charge is 2.26. The normalized spacial score (nSPS) is 12.5. The number of anilines is 1. The molecule has 36 heavy (non-hydrogen) atoms. The fourth-order valence-corrected chi connectivity index (χ4v) is 3.99. The van der Waals surface area contributed by atoms with E-state index in [0.29, 0.717) is 43.4 Å². The second kappa shape index (κ2) is 11.8. The fraction of sp³-hybridized carbons (Fsp3) is 0.241. The maximum Gasteiger partial charge on any atom is 0.268 e. The zero-order valence-corrected chi connectivity index (χ0v) is 20.4. The molecule has 1 aliphatic heterocycles. The number of nitrogens with zero attached hydrogens (tertiary/aromatic N) is 2. The van der Waals surface area contributed by atoms with Gasteiger partial charge in [-0.25, -0.2) is 0 Å². The molecule has 0 spiro atoms. The van der Waals surface area contributed by atoms with Crippen LogP contribution in [0, 0.1) is 11.3 Å². The van der Waals surface area contributed by atoms with Crippen LogP contribution >= 0.6 is 0 Å². The van der Waals surface area contributed by atoms with Gasteiger partial charge < -0.3 is 23.8 Å². The molecular weight excluding hydrogens is 456 g/mol. The van der Waals surface area contributed by atoms with Gasteiger partial charge in [0.2, 0.25) is 0 Å². The van der Waals surface area contributed by atoms with Crippen LogP contribution in [0.25, 0.3) is 6.08 Å². The van der Waals surface area contributed by atoms with Crippen molar-refractivity contribution >= 4 is 17.7 Å². The number of methoxy groups -OCH3 is 1. The van der Waals surface area contributed by atoms with Gasteiger partial charge in [-0.1, -0.05) is 24.3 Å². The Balaban J connectivity index is 1.42. The van der Waals surface area contributed by atoms with E-state index in [1.165, 1.54) is 0 Å². The number of hydrogen-bond donors (Lipinski definition) is 0. The van der Waals surface area contributed by atoms with Crippen molar-refractivity contribution in [1.82, 2.24) is 0 Å². The maximum atomic E-state index is 13.1. The van der Waals surface area contributed by atoms with E-state index in [-0.39, 0.29) is 11.5 Å². The van der Waals surface area contributed by atoms with Gasteiger partial charge in [-0.15, -0.1) is 0 Å². The Hall–Kier alpha value is -4.44. The first-order valence-electron chi connectivity index (χ1n) is 11.8. The van der Waals surface area contributed by atoms with Crippen LogP contribution in [0.3, 0.4) is 0 Å². The molecule has 7 nitrogen and oxygen atoms in total. The van der Waals surface area contributed by atoms with Crippen LogP contribution in [0.2, 0.25) is 0 Å². The van der Waals surface area contributed by atoms with Crippen molar-refractivity contribution in [2.45, 2.75) is 13.3 Å². The number of carbonyl (C=O) groups is 1. The lowest BCUT2D eigenvalue weighted by Crippen LogP contribution is -2.29. The molecule has 0 unspecified atom stereocenters. The summed E-state index contributed by atoms with van der Waals surface area (Å²) in [6.07, 6.45) is 2.37. The summed E-state index contributed by atoms with van der Waals surface area (Å²) in [4.78, 5) is 14.8. The maximum absolute atomic E-state index is 13.1. The number of hydrogen-bond acceptors (Lipinski definition) is 6. The van der Waals surface area contributed by atoms with E-state index < -0.39 is 0 Å². The van der Waals surface area contributed by atoms with Crippen molar-refractivity contribution in [3.05, 3.63) is 83.4 Å². The van der Waals surface area contributed by atoms with Crippen LogP contribution < -0.4 is 23.8 Å². The molecule has 0 fully saturated rings. The second-order valence-electron chi connectivity index (χ2n) is 8.02.